The second kappa shape index (κ2) is 3.41. The number of nitrogens with zero attached hydrogens (tertiary/aromatic N) is 3. The number of carboxylic acid groups (broad SMARTS) is 1. The molecule has 0 aliphatic heterocycles. The van der Waals surface area contributed by atoms with Crippen molar-refractivity contribution >= 4 is 11.7 Å². The summed E-state index contributed by atoms with van der Waals surface area (Å²) in [5, 5.41) is 12.8. The Kier molecular flexibility index (Phi) is 2.09. The standard InChI is InChI=1S/C9H8N4O2/c10-6-4-12-13(5-6)8-7(9(14)15)2-1-3-11-8/h1-5H,10H2,(H,14,15). The van der Waals surface area contributed by atoms with E-state index in [1.807, 2.05) is 0 Å². The molecule has 6 heteroatoms. The van der Waals surface area contributed by atoms with Crippen LogP contribution >= 0.6 is 0 Å². The maximum absolute atomic E-state index is 10.9. The summed E-state index contributed by atoms with van der Waals surface area (Å²) in [6, 6.07) is 3.02. The zero-order chi connectivity index (χ0) is 10.8. The van der Waals surface area contributed by atoms with E-state index < -0.39 is 5.97 Å². The van der Waals surface area contributed by atoms with Crippen LogP contribution in [0.25, 0.3) is 5.82 Å². The van der Waals surface area contributed by atoms with Gasteiger partial charge in [-0.05, 0) is 12.1 Å². The summed E-state index contributed by atoms with van der Waals surface area (Å²) in [5.74, 6) is -0.797. The zero-order valence-electron chi connectivity index (χ0n) is 7.66. The van der Waals surface area contributed by atoms with Crippen molar-refractivity contribution in [2.24, 2.45) is 0 Å². The fraction of sp³-hybridized carbons (Fsp3) is 0. The van der Waals surface area contributed by atoms with E-state index in [1.165, 1.54) is 29.3 Å². The number of nitrogens with two attached hydrogens (primary N) is 1. The molecule has 0 fully saturated rings. The third-order valence-corrected chi connectivity index (χ3v) is 1.84. The molecular weight excluding hydrogens is 196 g/mol. The lowest BCUT2D eigenvalue weighted by Gasteiger charge is -2.03. The molecule has 2 aromatic rings. The predicted molar refractivity (Wildman–Crippen MR) is 52.7 cm³/mol. The van der Waals surface area contributed by atoms with Crippen molar-refractivity contribution in [3.63, 3.8) is 0 Å². The van der Waals surface area contributed by atoms with Gasteiger partial charge in [0.05, 0.1) is 18.1 Å². The topological polar surface area (TPSA) is 94.0 Å². The molecule has 0 atom stereocenters. The molecule has 6 nitrogen and oxygen atoms in total. The normalized spacial score (nSPS) is 10.1. The van der Waals surface area contributed by atoms with Gasteiger partial charge in [-0.2, -0.15) is 5.10 Å². The van der Waals surface area contributed by atoms with Crippen LogP contribution in [0.15, 0.2) is 30.7 Å². The van der Waals surface area contributed by atoms with E-state index in [-0.39, 0.29) is 11.4 Å². The minimum Gasteiger partial charge on any atom is -0.478 e. The van der Waals surface area contributed by atoms with Crippen molar-refractivity contribution in [3.05, 3.63) is 36.3 Å². The number of hydrogen-bond donors (Lipinski definition) is 2. The Morgan fingerprint density at radius 2 is 2.33 bits per heavy atom. The van der Waals surface area contributed by atoms with Crippen LogP contribution in [-0.2, 0) is 0 Å². The van der Waals surface area contributed by atoms with Crippen LogP contribution in [-0.4, -0.2) is 25.8 Å². The average Bonchev–Trinajstić information content (AvgIpc) is 2.65. The molecular formula is C9H8N4O2. The number of aromatic nitrogens is 3. The van der Waals surface area contributed by atoms with Gasteiger partial charge in [0.15, 0.2) is 5.82 Å². The van der Waals surface area contributed by atoms with E-state index in [4.69, 9.17) is 10.8 Å². The second-order valence-corrected chi connectivity index (χ2v) is 2.90. The van der Waals surface area contributed by atoms with E-state index in [9.17, 15) is 4.79 Å². The molecule has 2 rings (SSSR count). The smallest absolute Gasteiger partial charge is 0.339 e. The molecule has 2 heterocycles. The molecule has 0 radical (unpaired) electrons. The van der Waals surface area contributed by atoms with Crippen LogP contribution in [0.3, 0.4) is 0 Å². The van der Waals surface area contributed by atoms with E-state index >= 15 is 0 Å². The maximum Gasteiger partial charge on any atom is 0.339 e. The number of anilines is 1. The van der Waals surface area contributed by atoms with Crippen molar-refractivity contribution in [2.45, 2.75) is 0 Å². The van der Waals surface area contributed by atoms with Gasteiger partial charge in [0, 0.05) is 6.20 Å². The Hall–Kier alpha value is -2.37. The summed E-state index contributed by atoms with van der Waals surface area (Å²) in [7, 11) is 0. The molecule has 0 saturated carbocycles. The van der Waals surface area contributed by atoms with E-state index in [1.54, 1.807) is 6.07 Å². The Morgan fingerprint density at radius 1 is 1.53 bits per heavy atom. The molecule has 0 amide bonds. The number of carboxylic acids is 1. The number of carbonyl (C=O) groups is 1. The molecule has 0 aliphatic carbocycles. The minimum absolute atomic E-state index is 0.0839. The van der Waals surface area contributed by atoms with Crippen LogP contribution in [0.4, 0.5) is 5.69 Å². The molecule has 0 aliphatic rings. The number of pyridine rings is 1. The molecule has 0 unspecified atom stereocenters. The predicted octanol–water partition coefficient (Wildman–Crippen LogP) is 0.548. The first-order valence-corrected chi connectivity index (χ1v) is 4.17. The highest BCUT2D eigenvalue weighted by atomic mass is 16.4. The highest BCUT2D eigenvalue weighted by molar-refractivity contribution is 5.90. The molecule has 15 heavy (non-hydrogen) atoms. The largest absolute Gasteiger partial charge is 0.478 e. The highest BCUT2D eigenvalue weighted by Crippen LogP contribution is 2.11. The van der Waals surface area contributed by atoms with Crippen molar-refractivity contribution in [3.8, 4) is 5.82 Å². The van der Waals surface area contributed by atoms with Gasteiger partial charge in [-0.1, -0.05) is 0 Å². The number of nitrogen functional groups attached to an aromatic ring is 1. The van der Waals surface area contributed by atoms with E-state index in [0.29, 0.717) is 5.69 Å². The van der Waals surface area contributed by atoms with Gasteiger partial charge in [0.1, 0.15) is 5.56 Å². The van der Waals surface area contributed by atoms with Crippen LogP contribution < -0.4 is 5.73 Å². The number of hydrogen-bond acceptors (Lipinski definition) is 4. The Balaban J connectivity index is 2.57. The molecule has 2 aromatic heterocycles. The molecule has 76 valence electrons. The third-order valence-electron chi connectivity index (χ3n) is 1.84. The molecule has 0 saturated heterocycles. The summed E-state index contributed by atoms with van der Waals surface area (Å²) in [6.07, 6.45) is 4.44. The van der Waals surface area contributed by atoms with Crippen LogP contribution in [0.5, 0.6) is 0 Å². The molecule has 0 bridgehead atoms. The van der Waals surface area contributed by atoms with E-state index in [0.717, 1.165) is 0 Å². The quantitative estimate of drug-likeness (QED) is 0.744. The van der Waals surface area contributed by atoms with Gasteiger partial charge in [-0.3, -0.25) is 0 Å². The van der Waals surface area contributed by atoms with Crippen LogP contribution in [0.1, 0.15) is 10.4 Å². The summed E-state index contributed by atoms with van der Waals surface area (Å²) in [5.41, 5.74) is 6.02. The Labute approximate surface area is 85.0 Å². The third kappa shape index (κ3) is 1.64. The lowest BCUT2D eigenvalue weighted by molar-refractivity contribution is 0.0696. The Morgan fingerprint density at radius 3 is 2.93 bits per heavy atom. The first-order chi connectivity index (χ1) is 7.18. The SMILES string of the molecule is Nc1cnn(-c2ncccc2C(=O)O)c1. The lowest BCUT2D eigenvalue weighted by atomic mass is 10.2. The summed E-state index contributed by atoms with van der Waals surface area (Å²) in [6.45, 7) is 0. The lowest BCUT2D eigenvalue weighted by Crippen LogP contribution is -2.07. The van der Waals surface area contributed by atoms with Crippen molar-refractivity contribution in [2.75, 3.05) is 5.73 Å². The number of aromatic carboxylic acids is 1. The van der Waals surface area contributed by atoms with Gasteiger partial charge in [-0.25, -0.2) is 14.5 Å². The van der Waals surface area contributed by atoms with E-state index in [2.05, 4.69) is 10.1 Å². The molecule has 3 N–H and O–H groups in total. The summed E-state index contributed by atoms with van der Waals surface area (Å²) < 4.78 is 1.33. The average molecular weight is 204 g/mol. The summed E-state index contributed by atoms with van der Waals surface area (Å²) in [4.78, 5) is 14.8. The van der Waals surface area contributed by atoms with Crippen molar-refractivity contribution in [1.29, 1.82) is 0 Å². The van der Waals surface area contributed by atoms with Gasteiger partial charge < -0.3 is 10.8 Å². The van der Waals surface area contributed by atoms with Gasteiger partial charge in [0.25, 0.3) is 0 Å². The number of rotatable bonds is 2. The minimum atomic E-state index is -1.05. The fourth-order valence-electron chi connectivity index (χ4n) is 1.20. The van der Waals surface area contributed by atoms with Crippen molar-refractivity contribution in [1.82, 2.24) is 14.8 Å². The summed E-state index contributed by atoms with van der Waals surface area (Å²) >= 11 is 0. The van der Waals surface area contributed by atoms with Crippen LogP contribution in [0.2, 0.25) is 0 Å². The van der Waals surface area contributed by atoms with Gasteiger partial charge in [-0.15, -0.1) is 0 Å². The molecule has 0 spiro atoms. The second-order valence-electron chi connectivity index (χ2n) is 2.90. The van der Waals surface area contributed by atoms with Crippen LogP contribution in [0, 0.1) is 0 Å². The van der Waals surface area contributed by atoms with Crippen molar-refractivity contribution < 1.29 is 9.90 Å². The molecule has 0 aromatic carbocycles. The van der Waals surface area contributed by atoms with Gasteiger partial charge >= 0.3 is 5.97 Å². The fourth-order valence-corrected chi connectivity index (χ4v) is 1.20. The zero-order valence-corrected chi connectivity index (χ0v) is 7.66. The highest BCUT2D eigenvalue weighted by Gasteiger charge is 2.12. The maximum atomic E-state index is 10.9. The first-order valence-electron chi connectivity index (χ1n) is 4.17. The Bertz CT molecular complexity index is 506. The first kappa shape index (κ1) is 9.20. The monoisotopic (exact) mass is 204 g/mol. The van der Waals surface area contributed by atoms with Gasteiger partial charge in [0.2, 0.25) is 0 Å².